The lowest BCUT2D eigenvalue weighted by Gasteiger charge is -2.09. The second-order valence-corrected chi connectivity index (χ2v) is 5.98. The first kappa shape index (κ1) is 17.1. The third-order valence-corrected chi connectivity index (χ3v) is 3.91. The highest BCUT2D eigenvalue weighted by molar-refractivity contribution is 6.30. The van der Waals surface area contributed by atoms with Crippen molar-refractivity contribution >= 4 is 34.3 Å². The third-order valence-electron chi connectivity index (χ3n) is 3.67. The van der Waals surface area contributed by atoms with Gasteiger partial charge < -0.3 is 9.15 Å². The summed E-state index contributed by atoms with van der Waals surface area (Å²) in [6.45, 7) is 2.72. The van der Waals surface area contributed by atoms with E-state index in [9.17, 15) is 5.26 Å². The number of aromatic nitrogens is 1. The van der Waals surface area contributed by atoms with Crippen molar-refractivity contribution in [1.82, 2.24) is 4.98 Å². The van der Waals surface area contributed by atoms with Crippen LogP contribution < -0.4 is 4.74 Å². The maximum Gasteiger partial charge on any atom is 0.238 e. The van der Waals surface area contributed by atoms with Crippen LogP contribution in [0.4, 0.5) is 0 Å². The summed E-state index contributed by atoms with van der Waals surface area (Å²) in [7, 11) is 0. The minimum atomic E-state index is 0.281. The summed E-state index contributed by atoms with van der Waals surface area (Å²) in [5.41, 5.74) is 2.40. The Balaban J connectivity index is 1.99. The number of oxazole rings is 1. The Hall–Kier alpha value is -2.77. The quantitative estimate of drug-likeness (QED) is 0.420. The molecule has 3 rings (SSSR count). The number of hydrogen-bond donors (Lipinski definition) is 0. The molecule has 0 aliphatic rings. The van der Waals surface area contributed by atoms with Crippen molar-refractivity contribution in [3.63, 3.8) is 0 Å². The maximum absolute atomic E-state index is 9.55. The summed E-state index contributed by atoms with van der Waals surface area (Å²) in [6, 6.07) is 14.9. The lowest BCUT2D eigenvalue weighted by atomic mass is 10.1. The van der Waals surface area contributed by atoms with E-state index in [0.717, 1.165) is 18.4 Å². The van der Waals surface area contributed by atoms with E-state index in [2.05, 4.69) is 18.0 Å². The van der Waals surface area contributed by atoms with E-state index in [1.165, 1.54) is 0 Å². The second-order valence-electron chi connectivity index (χ2n) is 5.54. The standard InChI is InChI=1S/C20H17ClN2O2/c1-2-3-10-24-18-9-8-16(21)12-14(18)11-15(13-22)20-23-17-6-4-5-7-19(17)25-20/h4-9,11-12H,2-3,10H2,1H3/b15-11+. The van der Waals surface area contributed by atoms with Crippen LogP contribution in [0.5, 0.6) is 5.75 Å². The van der Waals surface area contributed by atoms with Gasteiger partial charge in [0, 0.05) is 10.6 Å². The zero-order valence-corrected chi connectivity index (χ0v) is 14.6. The van der Waals surface area contributed by atoms with Crippen LogP contribution in [-0.2, 0) is 0 Å². The lowest BCUT2D eigenvalue weighted by molar-refractivity contribution is 0.309. The van der Waals surface area contributed by atoms with Gasteiger partial charge in [-0.2, -0.15) is 5.26 Å². The zero-order chi connectivity index (χ0) is 17.6. The van der Waals surface area contributed by atoms with Crippen LogP contribution in [0.25, 0.3) is 22.7 Å². The summed E-state index contributed by atoms with van der Waals surface area (Å²) in [4.78, 5) is 4.38. The number of allylic oxidation sites excluding steroid dienone is 1. The molecule has 0 spiro atoms. The van der Waals surface area contributed by atoms with Gasteiger partial charge in [0.05, 0.1) is 6.61 Å². The smallest absolute Gasteiger partial charge is 0.238 e. The predicted molar refractivity (Wildman–Crippen MR) is 99.3 cm³/mol. The molecular weight excluding hydrogens is 336 g/mol. The number of rotatable bonds is 6. The first-order valence-corrected chi connectivity index (χ1v) is 8.49. The molecule has 2 aromatic carbocycles. The summed E-state index contributed by atoms with van der Waals surface area (Å²) in [5.74, 6) is 0.963. The fraction of sp³-hybridized carbons (Fsp3) is 0.200. The molecule has 0 fully saturated rings. The van der Waals surface area contributed by atoms with Crippen molar-refractivity contribution in [1.29, 1.82) is 5.26 Å². The van der Waals surface area contributed by atoms with Crippen molar-refractivity contribution in [3.8, 4) is 11.8 Å². The SMILES string of the molecule is CCCCOc1ccc(Cl)cc1/C=C(\C#N)c1nc2ccccc2o1. The van der Waals surface area contributed by atoms with Gasteiger partial charge in [-0.1, -0.05) is 37.1 Å². The van der Waals surface area contributed by atoms with Crippen LogP contribution in [0.15, 0.2) is 46.9 Å². The third kappa shape index (κ3) is 4.01. The molecule has 0 N–H and O–H groups in total. The summed E-state index contributed by atoms with van der Waals surface area (Å²) >= 11 is 6.11. The van der Waals surface area contributed by atoms with Gasteiger partial charge in [-0.05, 0) is 42.8 Å². The monoisotopic (exact) mass is 352 g/mol. The molecule has 25 heavy (non-hydrogen) atoms. The van der Waals surface area contributed by atoms with Gasteiger partial charge in [0.2, 0.25) is 5.89 Å². The number of nitriles is 1. The predicted octanol–water partition coefficient (Wildman–Crippen LogP) is 5.72. The van der Waals surface area contributed by atoms with Crippen LogP contribution >= 0.6 is 11.6 Å². The van der Waals surface area contributed by atoms with E-state index in [0.29, 0.717) is 34.1 Å². The molecule has 0 amide bonds. The van der Waals surface area contributed by atoms with E-state index in [1.807, 2.05) is 30.3 Å². The van der Waals surface area contributed by atoms with Crippen molar-refractivity contribution in [2.24, 2.45) is 0 Å². The van der Waals surface area contributed by atoms with E-state index in [4.69, 9.17) is 20.8 Å². The lowest BCUT2D eigenvalue weighted by Crippen LogP contribution is -1.98. The number of nitrogens with zero attached hydrogens (tertiary/aromatic N) is 2. The van der Waals surface area contributed by atoms with Crippen LogP contribution in [0, 0.1) is 11.3 Å². The Morgan fingerprint density at radius 1 is 1.32 bits per heavy atom. The highest BCUT2D eigenvalue weighted by Crippen LogP contribution is 2.28. The first-order valence-electron chi connectivity index (χ1n) is 8.11. The molecule has 0 radical (unpaired) electrons. The molecule has 126 valence electrons. The van der Waals surface area contributed by atoms with Gasteiger partial charge in [0.25, 0.3) is 0 Å². The van der Waals surface area contributed by atoms with E-state index in [1.54, 1.807) is 18.2 Å². The molecule has 4 nitrogen and oxygen atoms in total. The van der Waals surface area contributed by atoms with Gasteiger partial charge in [-0.3, -0.25) is 0 Å². The molecule has 0 atom stereocenters. The number of hydrogen-bond acceptors (Lipinski definition) is 4. The average Bonchev–Trinajstić information content (AvgIpc) is 3.05. The fourth-order valence-corrected chi connectivity index (χ4v) is 2.56. The van der Waals surface area contributed by atoms with Gasteiger partial charge in [0.1, 0.15) is 22.9 Å². The fourth-order valence-electron chi connectivity index (χ4n) is 2.37. The Morgan fingerprint density at radius 3 is 2.92 bits per heavy atom. The highest BCUT2D eigenvalue weighted by atomic mass is 35.5. The van der Waals surface area contributed by atoms with Gasteiger partial charge in [-0.15, -0.1) is 0 Å². The average molecular weight is 353 g/mol. The van der Waals surface area contributed by atoms with Crippen molar-refractivity contribution in [2.45, 2.75) is 19.8 Å². The van der Waals surface area contributed by atoms with Gasteiger partial charge in [0.15, 0.2) is 5.58 Å². The second kappa shape index (κ2) is 7.87. The molecule has 1 heterocycles. The number of halogens is 1. The Kier molecular flexibility index (Phi) is 5.37. The van der Waals surface area contributed by atoms with Crippen LogP contribution in [0.3, 0.4) is 0 Å². The van der Waals surface area contributed by atoms with E-state index in [-0.39, 0.29) is 5.89 Å². The molecule has 5 heteroatoms. The number of fused-ring (bicyclic) bond motifs is 1. The Labute approximate surface area is 151 Å². The Bertz CT molecular complexity index is 921. The van der Waals surface area contributed by atoms with E-state index < -0.39 is 0 Å². The molecule has 0 aliphatic heterocycles. The largest absolute Gasteiger partial charge is 0.493 e. The van der Waals surface area contributed by atoms with Crippen molar-refractivity contribution in [2.75, 3.05) is 6.61 Å². The summed E-state index contributed by atoms with van der Waals surface area (Å²) in [5, 5.41) is 10.1. The molecule has 0 bridgehead atoms. The first-order chi connectivity index (χ1) is 12.2. The minimum absolute atomic E-state index is 0.281. The number of ether oxygens (including phenoxy) is 1. The molecular formula is C20H17ClN2O2. The maximum atomic E-state index is 9.55. The number of unbranched alkanes of at least 4 members (excludes halogenated alkanes) is 1. The summed E-state index contributed by atoms with van der Waals surface area (Å²) < 4.78 is 11.5. The van der Waals surface area contributed by atoms with Crippen LogP contribution in [-0.4, -0.2) is 11.6 Å². The zero-order valence-electron chi connectivity index (χ0n) is 13.8. The number of benzene rings is 2. The highest BCUT2D eigenvalue weighted by Gasteiger charge is 2.12. The Morgan fingerprint density at radius 2 is 2.16 bits per heavy atom. The molecule has 0 saturated carbocycles. The molecule has 0 unspecified atom stereocenters. The molecule has 0 aliphatic carbocycles. The normalized spacial score (nSPS) is 11.5. The van der Waals surface area contributed by atoms with E-state index >= 15 is 0 Å². The topological polar surface area (TPSA) is 59.0 Å². The van der Waals surface area contributed by atoms with Crippen LogP contribution in [0.2, 0.25) is 5.02 Å². The van der Waals surface area contributed by atoms with Crippen molar-refractivity contribution in [3.05, 3.63) is 58.9 Å². The molecule has 1 aromatic heterocycles. The molecule has 0 saturated heterocycles. The van der Waals surface area contributed by atoms with Gasteiger partial charge in [-0.25, -0.2) is 4.98 Å². The summed E-state index contributed by atoms with van der Waals surface area (Å²) in [6.07, 6.45) is 3.70. The van der Waals surface area contributed by atoms with Crippen molar-refractivity contribution < 1.29 is 9.15 Å². The number of para-hydroxylation sites is 2. The molecule has 3 aromatic rings. The minimum Gasteiger partial charge on any atom is -0.493 e. The van der Waals surface area contributed by atoms with Gasteiger partial charge >= 0.3 is 0 Å². The van der Waals surface area contributed by atoms with Crippen LogP contribution in [0.1, 0.15) is 31.2 Å².